The molecular formula is C25H32N4O5S. The largest absolute Gasteiger partial charge is 0.466 e. The predicted molar refractivity (Wildman–Crippen MR) is 133 cm³/mol. The van der Waals surface area contributed by atoms with E-state index < -0.39 is 0 Å². The minimum Gasteiger partial charge on any atom is -0.466 e. The molecule has 1 atom stereocenters. The molecular weight excluding hydrogens is 468 g/mol. The molecule has 1 saturated heterocycles. The Hall–Kier alpha value is -3.27. The van der Waals surface area contributed by atoms with Crippen LogP contribution in [0.15, 0.2) is 35.7 Å². The summed E-state index contributed by atoms with van der Waals surface area (Å²) in [4.78, 5) is 57.7. The Morgan fingerprint density at radius 2 is 1.97 bits per heavy atom. The number of aromatic nitrogens is 1. The summed E-state index contributed by atoms with van der Waals surface area (Å²) in [6.45, 7) is 5.38. The molecule has 2 heterocycles. The fraction of sp³-hybridized carbons (Fsp3) is 0.480. The van der Waals surface area contributed by atoms with E-state index >= 15 is 0 Å². The van der Waals surface area contributed by atoms with Gasteiger partial charge in [-0.05, 0) is 38.3 Å². The molecule has 35 heavy (non-hydrogen) atoms. The Kier molecular flexibility index (Phi) is 9.77. The zero-order valence-corrected chi connectivity index (χ0v) is 21.0. The lowest BCUT2D eigenvalue weighted by Gasteiger charge is -2.31. The van der Waals surface area contributed by atoms with Gasteiger partial charge in [0.25, 0.3) is 5.91 Å². The number of nitrogens with one attached hydrogen (secondary N) is 1. The lowest BCUT2D eigenvalue weighted by atomic mass is 9.98. The van der Waals surface area contributed by atoms with Crippen molar-refractivity contribution < 1.29 is 23.9 Å². The molecule has 1 aromatic heterocycles. The number of esters is 1. The van der Waals surface area contributed by atoms with E-state index in [1.54, 1.807) is 41.5 Å². The Morgan fingerprint density at radius 3 is 2.69 bits per heavy atom. The number of hydrogen-bond donors (Lipinski definition) is 1. The molecule has 188 valence electrons. The molecule has 1 fully saturated rings. The van der Waals surface area contributed by atoms with Crippen molar-refractivity contribution in [1.82, 2.24) is 14.8 Å². The van der Waals surface area contributed by atoms with Crippen molar-refractivity contribution in [2.45, 2.75) is 39.5 Å². The molecule has 1 unspecified atom stereocenters. The third kappa shape index (κ3) is 7.61. The number of thiazole rings is 1. The molecule has 0 bridgehead atoms. The molecule has 3 rings (SSSR count). The number of carbonyl (C=O) groups excluding carboxylic acids is 4. The maximum Gasteiger partial charge on any atom is 0.310 e. The van der Waals surface area contributed by atoms with Crippen molar-refractivity contribution >= 4 is 40.2 Å². The number of amides is 3. The molecule has 0 aliphatic carbocycles. The fourth-order valence-corrected chi connectivity index (χ4v) is 4.71. The van der Waals surface area contributed by atoms with Gasteiger partial charge in [-0.2, -0.15) is 0 Å². The van der Waals surface area contributed by atoms with Gasteiger partial charge in [-0.1, -0.05) is 25.1 Å². The number of piperidine rings is 1. The third-order valence-corrected chi connectivity index (χ3v) is 6.47. The first-order chi connectivity index (χ1) is 16.9. The molecule has 10 heteroatoms. The summed E-state index contributed by atoms with van der Waals surface area (Å²) < 4.78 is 5.10. The number of rotatable bonds is 10. The van der Waals surface area contributed by atoms with Crippen molar-refractivity contribution in [3.63, 3.8) is 0 Å². The van der Waals surface area contributed by atoms with Gasteiger partial charge in [0.1, 0.15) is 6.54 Å². The van der Waals surface area contributed by atoms with E-state index in [-0.39, 0.29) is 42.6 Å². The van der Waals surface area contributed by atoms with Crippen LogP contribution in [0, 0.1) is 5.92 Å². The molecule has 9 nitrogen and oxygen atoms in total. The first-order valence-corrected chi connectivity index (χ1v) is 12.8. The minimum atomic E-state index is -0.344. The molecule has 0 saturated carbocycles. The highest BCUT2D eigenvalue weighted by atomic mass is 32.1. The van der Waals surface area contributed by atoms with Gasteiger partial charge in [0.15, 0.2) is 5.13 Å². The number of likely N-dealkylation sites (tertiary alicyclic amines) is 1. The van der Waals surface area contributed by atoms with Crippen molar-refractivity contribution in [2.75, 3.05) is 38.1 Å². The maximum atomic E-state index is 12.8. The van der Waals surface area contributed by atoms with E-state index in [0.717, 1.165) is 19.3 Å². The van der Waals surface area contributed by atoms with E-state index in [4.69, 9.17) is 4.74 Å². The zero-order valence-electron chi connectivity index (χ0n) is 20.2. The Labute approximate surface area is 209 Å². The predicted octanol–water partition coefficient (Wildman–Crippen LogP) is 2.98. The van der Waals surface area contributed by atoms with Gasteiger partial charge >= 0.3 is 5.97 Å². The minimum absolute atomic E-state index is 0.0849. The Balaban J connectivity index is 1.53. The molecule has 1 N–H and O–H groups in total. The number of ether oxygens (including phenoxy) is 1. The first-order valence-electron chi connectivity index (χ1n) is 11.9. The Bertz CT molecular complexity index is 1030. The second-order valence-electron chi connectivity index (χ2n) is 8.39. The van der Waals surface area contributed by atoms with Gasteiger partial charge in [-0.15, -0.1) is 11.3 Å². The highest BCUT2D eigenvalue weighted by Gasteiger charge is 2.29. The quantitative estimate of drug-likeness (QED) is 0.503. The summed E-state index contributed by atoms with van der Waals surface area (Å²) in [7, 11) is 0. The van der Waals surface area contributed by atoms with Gasteiger partial charge in [-0.3, -0.25) is 19.2 Å². The molecule has 0 spiro atoms. The van der Waals surface area contributed by atoms with Crippen LogP contribution in [0.2, 0.25) is 0 Å². The van der Waals surface area contributed by atoms with E-state index in [1.165, 1.54) is 16.2 Å². The van der Waals surface area contributed by atoms with Crippen LogP contribution in [0.5, 0.6) is 0 Å². The summed E-state index contributed by atoms with van der Waals surface area (Å²) in [5, 5.41) is 4.85. The summed E-state index contributed by atoms with van der Waals surface area (Å²) in [5.74, 6) is -1.20. The number of benzene rings is 1. The average molecular weight is 501 g/mol. The second kappa shape index (κ2) is 13.0. The maximum absolute atomic E-state index is 12.8. The van der Waals surface area contributed by atoms with Crippen molar-refractivity contribution in [3.05, 3.63) is 47.0 Å². The monoisotopic (exact) mass is 500 g/mol. The van der Waals surface area contributed by atoms with E-state index in [2.05, 4.69) is 10.3 Å². The van der Waals surface area contributed by atoms with Crippen LogP contribution in [0.1, 0.15) is 49.2 Å². The first kappa shape index (κ1) is 26.3. The SMILES string of the molecule is CCCN(CC(=O)Nc1nc(CC(=O)N2CCCC(C(=O)OCC)C2)cs1)C(=O)c1ccccc1. The second-order valence-corrected chi connectivity index (χ2v) is 9.25. The number of hydrogen-bond acceptors (Lipinski definition) is 7. The summed E-state index contributed by atoms with van der Waals surface area (Å²) in [6.07, 6.45) is 2.29. The van der Waals surface area contributed by atoms with Crippen LogP contribution >= 0.6 is 11.3 Å². The zero-order chi connectivity index (χ0) is 25.2. The molecule has 1 aromatic carbocycles. The average Bonchev–Trinajstić information content (AvgIpc) is 3.30. The molecule has 1 aliphatic heterocycles. The van der Waals surface area contributed by atoms with Crippen LogP contribution in [0.25, 0.3) is 0 Å². The highest BCUT2D eigenvalue weighted by molar-refractivity contribution is 7.13. The smallest absolute Gasteiger partial charge is 0.310 e. The number of anilines is 1. The lowest BCUT2D eigenvalue weighted by molar-refractivity contribution is -0.151. The van der Waals surface area contributed by atoms with Crippen molar-refractivity contribution in [1.29, 1.82) is 0 Å². The van der Waals surface area contributed by atoms with Crippen LogP contribution in [-0.4, -0.2) is 71.3 Å². The van der Waals surface area contributed by atoms with E-state index in [9.17, 15) is 19.2 Å². The van der Waals surface area contributed by atoms with Gasteiger partial charge in [0.05, 0.1) is 24.6 Å². The van der Waals surface area contributed by atoms with Crippen molar-refractivity contribution in [2.24, 2.45) is 5.92 Å². The van der Waals surface area contributed by atoms with Crippen LogP contribution in [0.3, 0.4) is 0 Å². The van der Waals surface area contributed by atoms with Gasteiger partial charge in [-0.25, -0.2) is 4.98 Å². The number of carbonyl (C=O) groups is 4. The van der Waals surface area contributed by atoms with Crippen LogP contribution in [-0.2, 0) is 25.5 Å². The van der Waals surface area contributed by atoms with E-state index in [1.807, 2.05) is 13.0 Å². The van der Waals surface area contributed by atoms with Crippen molar-refractivity contribution in [3.8, 4) is 0 Å². The lowest BCUT2D eigenvalue weighted by Crippen LogP contribution is -2.43. The molecule has 0 radical (unpaired) electrons. The Morgan fingerprint density at radius 1 is 1.20 bits per heavy atom. The molecule has 3 amide bonds. The number of nitrogens with zero attached hydrogens (tertiary/aromatic N) is 3. The fourth-order valence-electron chi connectivity index (χ4n) is 3.99. The topological polar surface area (TPSA) is 109 Å². The summed E-state index contributed by atoms with van der Waals surface area (Å²) >= 11 is 1.23. The standard InChI is InChI=1S/C25H32N4O5S/c1-3-12-29(23(32)18-9-6-5-7-10-18)16-21(30)27-25-26-20(17-35-25)14-22(31)28-13-8-11-19(15-28)24(33)34-4-2/h5-7,9-10,17,19H,3-4,8,11-16H2,1-2H3,(H,26,27,30). The normalized spacial score (nSPS) is 15.4. The van der Waals surface area contributed by atoms with Gasteiger partial charge in [0, 0.05) is 30.6 Å². The summed E-state index contributed by atoms with van der Waals surface area (Å²) in [5.41, 5.74) is 1.09. The van der Waals surface area contributed by atoms with Crippen LogP contribution < -0.4 is 5.32 Å². The van der Waals surface area contributed by atoms with Gasteiger partial charge in [0.2, 0.25) is 11.8 Å². The third-order valence-electron chi connectivity index (χ3n) is 5.66. The molecule has 2 aromatic rings. The van der Waals surface area contributed by atoms with Crippen LogP contribution in [0.4, 0.5) is 5.13 Å². The highest BCUT2D eigenvalue weighted by Crippen LogP contribution is 2.21. The molecule has 1 aliphatic rings. The van der Waals surface area contributed by atoms with Gasteiger partial charge < -0.3 is 19.9 Å². The van der Waals surface area contributed by atoms with E-state index in [0.29, 0.717) is 42.6 Å². The summed E-state index contributed by atoms with van der Waals surface area (Å²) in [6, 6.07) is 8.87.